The Balaban J connectivity index is 1.94. The second-order valence-electron chi connectivity index (χ2n) is 6.28. The lowest BCUT2D eigenvalue weighted by atomic mass is 10.2. The monoisotopic (exact) mass is 429 g/mol. The standard InChI is InChI=1S/C18H15ClF3N3O2S/c1-8-10(3)28-16-14(8)17(27)25(7-23-16)9(2)15(26)24-13-6-11(18(20,21)22)4-5-12(13)19/h4-7,9H,1-3H3,(H,24,26)/t9-/m0/s1. The van der Waals surface area contributed by atoms with E-state index in [2.05, 4.69) is 10.3 Å². The molecule has 0 aliphatic rings. The molecule has 1 aromatic carbocycles. The van der Waals surface area contributed by atoms with Crippen molar-refractivity contribution < 1.29 is 18.0 Å². The van der Waals surface area contributed by atoms with Crippen molar-refractivity contribution in [1.82, 2.24) is 9.55 Å². The Morgan fingerprint density at radius 1 is 1.32 bits per heavy atom. The van der Waals surface area contributed by atoms with E-state index in [0.717, 1.165) is 33.2 Å². The average molecular weight is 430 g/mol. The summed E-state index contributed by atoms with van der Waals surface area (Å²) in [4.78, 5) is 31.1. The van der Waals surface area contributed by atoms with Crippen molar-refractivity contribution in [2.24, 2.45) is 0 Å². The molecule has 0 saturated carbocycles. The number of carbonyl (C=O) groups is 1. The first-order valence-corrected chi connectivity index (χ1v) is 9.34. The molecular formula is C18H15ClF3N3O2S. The minimum absolute atomic E-state index is 0.0428. The maximum Gasteiger partial charge on any atom is 0.416 e. The molecule has 10 heteroatoms. The minimum Gasteiger partial charge on any atom is -0.323 e. The van der Waals surface area contributed by atoms with Crippen LogP contribution in [-0.4, -0.2) is 15.5 Å². The molecule has 148 valence electrons. The number of carbonyl (C=O) groups excluding carboxylic acids is 1. The molecule has 3 rings (SSSR count). The van der Waals surface area contributed by atoms with Crippen molar-refractivity contribution in [1.29, 1.82) is 0 Å². The van der Waals surface area contributed by atoms with Gasteiger partial charge in [0.2, 0.25) is 5.91 Å². The first kappa shape index (κ1) is 20.3. The predicted octanol–water partition coefficient (Wildman–Crippen LogP) is 4.95. The smallest absolute Gasteiger partial charge is 0.323 e. The second kappa shape index (κ2) is 7.21. The molecule has 0 bridgehead atoms. The van der Waals surface area contributed by atoms with Crippen LogP contribution in [0.15, 0.2) is 29.3 Å². The topological polar surface area (TPSA) is 64.0 Å². The van der Waals surface area contributed by atoms with E-state index < -0.39 is 23.7 Å². The van der Waals surface area contributed by atoms with E-state index in [0.29, 0.717) is 10.2 Å². The van der Waals surface area contributed by atoms with Crippen LogP contribution >= 0.6 is 22.9 Å². The lowest BCUT2D eigenvalue weighted by molar-refractivity contribution is -0.137. The number of rotatable bonds is 3. The zero-order chi connectivity index (χ0) is 20.8. The number of thiophene rings is 1. The molecule has 0 fully saturated rings. The zero-order valence-corrected chi connectivity index (χ0v) is 16.6. The van der Waals surface area contributed by atoms with Gasteiger partial charge in [0.15, 0.2) is 0 Å². The maximum atomic E-state index is 12.9. The van der Waals surface area contributed by atoms with Crippen LogP contribution in [0.5, 0.6) is 0 Å². The third-order valence-electron chi connectivity index (χ3n) is 4.46. The summed E-state index contributed by atoms with van der Waals surface area (Å²) < 4.78 is 39.8. The number of benzene rings is 1. The first-order chi connectivity index (χ1) is 13.0. The normalized spacial score (nSPS) is 13.0. The molecule has 0 aliphatic carbocycles. The lowest BCUT2D eigenvalue weighted by Crippen LogP contribution is -2.32. The average Bonchev–Trinajstić information content (AvgIpc) is 2.90. The van der Waals surface area contributed by atoms with Gasteiger partial charge in [-0.15, -0.1) is 11.3 Å². The van der Waals surface area contributed by atoms with Crippen LogP contribution in [0.2, 0.25) is 5.02 Å². The van der Waals surface area contributed by atoms with Crippen molar-refractivity contribution in [2.75, 3.05) is 5.32 Å². The van der Waals surface area contributed by atoms with Gasteiger partial charge in [-0.3, -0.25) is 14.2 Å². The molecule has 1 N–H and O–H groups in total. The van der Waals surface area contributed by atoms with Gasteiger partial charge in [0.05, 0.1) is 28.0 Å². The largest absolute Gasteiger partial charge is 0.416 e. The molecule has 28 heavy (non-hydrogen) atoms. The van der Waals surface area contributed by atoms with E-state index in [1.807, 2.05) is 6.92 Å². The Morgan fingerprint density at radius 3 is 2.64 bits per heavy atom. The fourth-order valence-electron chi connectivity index (χ4n) is 2.68. The number of alkyl halides is 3. The van der Waals surface area contributed by atoms with Crippen LogP contribution in [0, 0.1) is 13.8 Å². The third-order valence-corrected chi connectivity index (χ3v) is 5.91. The number of hydrogen-bond donors (Lipinski definition) is 1. The molecule has 3 aromatic rings. The number of fused-ring (bicyclic) bond motifs is 1. The zero-order valence-electron chi connectivity index (χ0n) is 15.0. The summed E-state index contributed by atoms with van der Waals surface area (Å²) in [6.45, 7) is 5.13. The minimum atomic E-state index is -4.57. The first-order valence-electron chi connectivity index (χ1n) is 8.15. The Labute approximate surface area is 166 Å². The van der Waals surface area contributed by atoms with Crippen LogP contribution < -0.4 is 10.9 Å². The summed E-state index contributed by atoms with van der Waals surface area (Å²) in [5.74, 6) is -0.686. The Kier molecular flexibility index (Phi) is 5.24. The highest BCUT2D eigenvalue weighted by Crippen LogP contribution is 2.34. The number of anilines is 1. The SMILES string of the molecule is Cc1sc2ncn([C@@H](C)C(=O)Nc3cc(C(F)(F)F)ccc3Cl)c(=O)c2c1C. The van der Waals surface area contributed by atoms with E-state index in [-0.39, 0.29) is 16.3 Å². The van der Waals surface area contributed by atoms with Gasteiger partial charge in [0.25, 0.3) is 5.56 Å². The van der Waals surface area contributed by atoms with E-state index in [9.17, 15) is 22.8 Å². The summed E-state index contributed by atoms with van der Waals surface area (Å²) >= 11 is 7.29. The van der Waals surface area contributed by atoms with E-state index in [4.69, 9.17) is 11.6 Å². The van der Waals surface area contributed by atoms with Gasteiger partial charge in [0, 0.05) is 4.88 Å². The molecule has 1 amide bonds. The molecule has 0 saturated heterocycles. The number of nitrogens with one attached hydrogen (secondary N) is 1. The van der Waals surface area contributed by atoms with Gasteiger partial charge < -0.3 is 5.32 Å². The van der Waals surface area contributed by atoms with Crippen LogP contribution in [0.4, 0.5) is 18.9 Å². The van der Waals surface area contributed by atoms with Crippen molar-refractivity contribution in [3.05, 3.63) is 55.9 Å². The molecule has 0 spiro atoms. The number of hydrogen-bond acceptors (Lipinski definition) is 4. The highest BCUT2D eigenvalue weighted by Gasteiger charge is 2.31. The van der Waals surface area contributed by atoms with Crippen LogP contribution in [0.3, 0.4) is 0 Å². The van der Waals surface area contributed by atoms with E-state index >= 15 is 0 Å². The Morgan fingerprint density at radius 2 is 2.00 bits per heavy atom. The van der Waals surface area contributed by atoms with E-state index in [1.54, 1.807) is 6.92 Å². The Hall–Kier alpha value is -2.39. The number of aromatic nitrogens is 2. The van der Waals surface area contributed by atoms with Gasteiger partial charge in [-0.2, -0.15) is 13.2 Å². The molecule has 5 nitrogen and oxygen atoms in total. The van der Waals surface area contributed by atoms with Gasteiger partial charge in [-0.1, -0.05) is 11.6 Å². The van der Waals surface area contributed by atoms with E-state index in [1.165, 1.54) is 24.6 Å². The number of amides is 1. The number of nitrogens with zero attached hydrogens (tertiary/aromatic N) is 2. The van der Waals surface area contributed by atoms with Crippen LogP contribution in [0.1, 0.15) is 29.0 Å². The van der Waals surface area contributed by atoms with Crippen molar-refractivity contribution in [3.63, 3.8) is 0 Å². The number of halogens is 4. The molecule has 1 atom stereocenters. The summed E-state index contributed by atoms with van der Waals surface area (Å²) in [6, 6.07) is 1.63. The molecule has 2 heterocycles. The van der Waals surface area contributed by atoms with Gasteiger partial charge in [0.1, 0.15) is 10.9 Å². The fraction of sp³-hybridized carbons (Fsp3) is 0.278. The summed E-state index contributed by atoms with van der Waals surface area (Å²) in [6.07, 6.45) is -3.31. The molecular weight excluding hydrogens is 415 g/mol. The maximum absolute atomic E-state index is 12.9. The van der Waals surface area contributed by atoms with Crippen LogP contribution in [-0.2, 0) is 11.0 Å². The lowest BCUT2D eigenvalue weighted by Gasteiger charge is -2.16. The fourth-order valence-corrected chi connectivity index (χ4v) is 3.84. The molecule has 0 aliphatic heterocycles. The van der Waals surface area contributed by atoms with Gasteiger partial charge in [-0.05, 0) is 44.5 Å². The number of aryl methyl sites for hydroxylation is 2. The van der Waals surface area contributed by atoms with Gasteiger partial charge >= 0.3 is 6.18 Å². The highest BCUT2D eigenvalue weighted by molar-refractivity contribution is 7.18. The van der Waals surface area contributed by atoms with Crippen molar-refractivity contribution in [2.45, 2.75) is 33.0 Å². The third kappa shape index (κ3) is 3.64. The summed E-state index contributed by atoms with van der Waals surface area (Å²) in [7, 11) is 0. The Bertz CT molecular complexity index is 1140. The molecule has 0 radical (unpaired) electrons. The van der Waals surface area contributed by atoms with Crippen molar-refractivity contribution >= 4 is 44.7 Å². The quantitative estimate of drug-likeness (QED) is 0.641. The summed E-state index contributed by atoms with van der Waals surface area (Å²) in [5, 5.41) is 2.75. The summed E-state index contributed by atoms with van der Waals surface area (Å²) in [5.41, 5.74) is -0.715. The van der Waals surface area contributed by atoms with Gasteiger partial charge in [-0.25, -0.2) is 4.98 Å². The highest BCUT2D eigenvalue weighted by atomic mass is 35.5. The van der Waals surface area contributed by atoms with Crippen LogP contribution in [0.25, 0.3) is 10.2 Å². The van der Waals surface area contributed by atoms with Crippen molar-refractivity contribution in [3.8, 4) is 0 Å². The molecule has 0 unspecified atom stereocenters. The predicted molar refractivity (Wildman–Crippen MR) is 103 cm³/mol. The second-order valence-corrected chi connectivity index (χ2v) is 7.89. The molecule has 2 aromatic heterocycles.